The molecule has 0 aromatic rings. The molecule has 2 amide bonds. The molecule has 19 heavy (non-hydrogen) atoms. The molecule has 1 aliphatic rings. The van der Waals surface area contributed by atoms with Crippen LogP contribution in [0.3, 0.4) is 0 Å². The maximum absolute atomic E-state index is 11.9. The van der Waals surface area contributed by atoms with Crippen molar-refractivity contribution >= 4 is 21.8 Å². The zero-order valence-electron chi connectivity index (χ0n) is 10.5. The number of rotatable bonds is 3. The van der Waals surface area contributed by atoms with Gasteiger partial charge in [-0.3, -0.25) is 4.79 Å². The summed E-state index contributed by atoms with van der Waals surface area (Å²) in [5.74, 6) is 0.663. The Labute approximate surface area is 111 Å². The monoisotopic (exact) mass is 288 g/mol. The van der Waals surface area contributed by atoms with Crippen molar-refractivity contribution in [2.45, 2.75) is 25.4 Å². The van der Waals surface area contributed by atoms with Crippen molar-refractivity contribution in [2.75, 3.05) is 18.1 Å². The van der Waals surface area contributed by atoms with E-state index in [2.05, 4.69) is 11.2 Å². The van der Waals surface area contributed by atoms with E-state index < -0.39 is 40.3 Å². The molecular weight excluding hydrogens is 272 g/mol. The van der Waals surface area contributed by atoms with Crippen LogP contribution in [0.5, 0.6) is 0 Å². The Balaban J connectivity index is 2.82. The lowest BCUT2D eigenvalue weighted by molar-refractivity contribution is -0.138. The highest BCUT2D eigenvalue weighted by Crippen LogP contribution is 2.15. The summed E-state index contributed by atoms with van der Waals surface area (Å²) in [6.45, 7) is 1.58. The number of carboxylic acids is 1. The van der Waals surface area contributed by atoms with Crippen LogP contribution in [-0.4, -0.2) is 60.6 Å². The second kappa shape index (κ2) is 5.93. The number of hydrogen-bond acceptors (Lipinski definition) is 4. The Morgan fingerprint density at radius 3 is 2.74 bits per heavy atom. The van der Waals surface area contributed by atoms with Gasteiger partial charge in [-0.1, -0.05) is 5.92 Å². The molecule has 0 bridgehead atoms. The quantitative estimate of drug-likeness (QED) is 0.668. The van der Waals surface area contributed by atoms with E-state index in [1.54, 1.807) is 6.92 Å². The highest BCUT2D eigenvalue weighted by molar-refractivity contribution is 7.91. The normalized spacial score (nSPS) is 23.2. The van der Waals surface area contributed by atoms with E-state index in [1.165, 1.54) is 4.90 Å². The smallest absolute Gasteiger partial charge is 0.318 e. The molecule has 2 unspecified atom stereocenters. The first-order valence-electron chi connectivity index (χ1n) is 5.70. The Hall–Kier alpha value is -1.75. The van der Waals surface area contributed by atoms with Gasteiger partial charge in [-0.2, -0.15) is 0 Å². The zero-order valence-corrected chi connectivity index (χ0v) is 11.3. The summed E-state index contributed by atoms with van der Waals surface area (Å²) in [5, 5.41) is 11.3. The highest BCUT2D eigenvalue weighted by Gasteiger charge is 2.35. The van der Waals surface area contributed by atoms with Crippen molar-refractivity contribution < 1.29 is 23.1 Å². The minimum atomic E-state index is -3.30. The molecule has 0 aromatic carbocycles. The number of urea groups is 1. The van der Waals surface area contributed by atoms with Crippen LogP contribution in [0, 0.1) is 12.3 Å². The average Bonchev–Trinajstić information content (AvgIpc) is 2.26. The molecule has 0 spiro atoms. The Morgan fingerprint density at radius 1 is 1.58 bits per heavy atom. The number of nitrogens with one attached hydrogen (secondary N) is 1. The van der Waals surface area contributed by atoms with Crippen LogP contribution < -0.4 is 5.32 Å². The lowest BCUT2D eigenvalue weighted by Gasteiger charge is -2.35. The Kier molecular flexibility index (Phi) is 4.78. The first-order chi connectivity index (χ1) is 8.75. The van der Waals surface area contributed by atoms with E-state index in [4.69, 9.17) is 11.5 Å². The van der Waals surface area contributed by atoms with Crippen molar-refractivity contribution in [2.24, 2.45) is 0 Å². The summed E-state index contributed by atoms with van der Waals surface area (Å²) in [5.41, 5.74) is 0. The van der Waals surface area contributed by atoms with E-state index in [0.29, 0.717) is 0 Å². The van der Waals surface area contributed by atoms with Crippen LogP contribution in [0.25, 0.3) is 0 Å². The zero-order chi connectivity index (χ0) is 14.6. The third kappa shape index (κ3) is 4.44. The number of aliphatic carboxylic acids is 1. The van der Waals surface area contributed by atoms with Crippen molar-refractivity contribution in [3.8, 4) is 12.3 Å². The van der Waals surface area contributed by atoms with Gasteiger partial charge in [0.15, 0.2) is 9.84 Å². The summed E-state index contributed by atoms with van der Waals surface area (Å²) in [4.78, 5) is 23.9. The molecule has 106 valence electrons. The van der Waals surface area contributed by atoms with Crippen LogP contribution in [0.15, 0.2) is 0 Å². The van der Waals surface area contributed by atoms with Crippen molar-refractivity contribution in [1.82, 2.24) is 10.2 Å². The molecule has 8 heteroatoms. The Morgan fingerprint density at radius 2 is 2.21 bits per heavy atom. The molecule has 1 saturated heterocycles. The summed E-state index contributed by atoms with van der Waals surface area (Å²) in [7, 11) is -3.30. The number of carbonyl (C=O) groups is 2. The van der Waals surface area contributed by atoms with Gasteiger partial charge in [0, 0.05) is 6.54 Å². The standard InChI is InChI=1S/C11H16N2O5S/c1-3-8(2)12-11(16)13-4-5-19(17,18)7-9(13)6-10(14)15/h1,8-9H,4-7H2,2H3,(H,12,16)(H,14,15). The van der Waals surface area contributed by atoms with Gasteiger partial charge >= 0.3 is 12.0 Å². The number of nitrogens with zero attached hydrogens (tertiary/aromatic N) is 1. The number of hydrogen-bond donors (Lipinski definition) is 2. The van der Waals surface area contributed by atoms with E-state index in [0.717, 1.165) is 0 Å². The number of carboxylic acid groups (broad SMARTS) is 1. The molecule has 0 saturated carbocycles. The minimum Gasteiger partial charge on any atom is -0.481 e. The lowest BCUT2D eigenvalue weighted by atomic mass is 10.2. The maximum Gasteiger partial charge on any atom is 0.318 e. The first-order valence-corrected chi connectivity index (χ1v) is 7.53. The fourth-order valence-corrected chi connectivity index (χ4v) is 3.36. The van der Waals surface area contributed by atoms with Gasteiger partial charge in [-0.15, -0.1) is 6.42 Å². The number of amides is 2. The third-order valence-electron chi connectivity index (χ3n) is 2.79. The van der Waals surface area contributed by atoms with Crippen molar-refractivity contribution in [1.29, 1.82) is 0 Å². The van der Waals surface area contributed by atoms with Crippen LogP contribution in [0.2, 0.25) is 0 Å². The Bertz CT molecular complexity index is 508. The molecule has 1 aliphatic heterocycles. The van der Waals surface area contributed by atoms with Gasteiger partial charge in [-0.25, -0.2) is 13.2 Å². The van der Waals surface area contributed by atoms with Gasteiger partial charge in [0.25, 0.3) is 0 Å². The molecule has 1 fully saturated rings. The number of carbonyl (C=O) groups excluding carboxylic acids is 1. The number of terminal acetylenes is 1. The summed E-state index contributed by atoms with van der Waals surface area (Å²) in [6.07, 6.45) is 4.73. The van der Waals surface area contributed by atoms with E-state index in [1.807, 2.05) is 0 Å². The van der Waals surface area contributed by atoms with E-state index in [9.17, 15) is 18.0 Å². The second-order valence-electron chi connectivity index (χ2n) is 4.40. The van der Waals surface area contributed by atoms with Gasteiger partial charge in [0.1, 0.15) is 0 Å². The van der Waals surface area contributed by atoms with Gasteiger partial charge < -0.3 is 15.3 Å². The third-order valence-corrected chi connectivity index (χ3v) is 4.49. The fraction of sp³-hybridized carbons (Fsp3) is 0.636. The largest absolute Gasteiger partial charge is 0.481 e. The van der Waals surface area contributed by atoms with Crippen LogP contribution in [0.4, 0.5) is 4.79 Å². The SMILES string of the molecule is C#CC(C)NC(=O)N1CCS(=O)(=O)CC1CC(=O)O. The van der Waals surface area contributed by atoms with Crippen LogP contribution >= 0.6 is 0 Å². The minimum absolute atomic E-state index is 0.0244. The van der Waals surface area contributed by atoms with Gasteiger partial charge in [-0.05, 0) is 6.92 Å². The predicted molar refractivity (Wildman–Crippen MR) is 68.2 cm³/mol. The van der Waals surface area contributed by atoms with Crippen molar-refractivity contribution in [3.63, 3.8) is 0 Å². The molecular formula is C11H16N2O5S. The van der Waals surface area contributed by atoms with Crippen molar-refractivity contribution in [3.05, 3.63) is 0 Å². The molecule has 0 radical (unpaired) electrons. The fourth-order valence-electron chi connectivity index (χ4n) is 1.83. The first kappa shape index (κ1) is 15.3. The van der Waals surface area contributed by atoms with Crippen LogP contribution in [0.1, 0.15) is 13.3 Å². The predicted octanol–water partition coefficient (Wildman–Crippen LogP) is -0.709. The van der Waals surface area contributed by atoms with Gasteiger partial charge in [0.05, 0.1) is 30.0 Å². The molecule has 2 atom stereocenters. The molecule has 2 N–H and O–H groups in total. The molecule has 1 heterocycles. The number of sulfone groups is 1. The molecule has 0 aromatic heterocycles. The topological polar surface area (TPSA) is 104 Å². The molecule has 0 aliphatic carbocycles. The molecule has 1 rings (SSSR count). The molecule has 7 nitrogen and oxygen atoms in total. The lowest BCUT2D eigenvalue weighted by Crippen LogP contribution is -2.56. The maximum atomic E-state index is 11.9. The van der Waals surface area contributed by atoms with E-state index >= 15 is 0 Å². The summed E-state index contributed by atoms with van der Waals surface area (Å²) in [6, 6.07) is -1.90. The van der Waals surface area contributed by atoms with E-state index in [-0.39, 0.29) is 18.1 Å². The summed E-state index contributed by atoms with van der Waals surface area (Å²) >= 11 is 0. The second-order valence-corrected chi connectivity index (χ2v) is 6.63. The van der Waals surface area contributed by atoms with Gasteiger partial charge in [0.2, 0.25) is 0 Å². The average molecular weight is 288 g/mol. The summed E-state index contributed by atoms with van der Waals surface area (Å²) < 4.78 is 23.0. The highest BCUT2D eigenvalue weighted by atomic mass is 32.2. The van der Waals surface area contributed by atoms with Crippen LogP contribution in [-0.2, 0) is 14.6 Å².